The van der Waals surface area contributed by atoms with E-state index in [1.165, 1.54) is 44.5 Å². The van der Waals surface area contributed by atoms with Crippen molar-refractivity contribution in [2.75, 3.05) is 0 Å². The van der Waals surface area contributed by atoms with Gasteiger partial charge in [0, 0.05) is 48.7 Å². The quantitative estimate of drug-likeness (QED) is 0.172. The van der Waals surface area contributed by atoms with Crippen molar-refractivity contribution in [2.24, 2.45) is 0 Å². The Kier molecular flexibility index (Phi) is 15.5. The van der Waals surface area contributed by atoms with Gasteiger partial charge in [-0.15, -0.1) is 0 Å². The summed E-state index contributed by atoms with van der Waals surface area (Å²) in [5.41, 5.74) is 20.7. The lowest BCUT2D eigenvalue weighted by molar-refractivity contribution is 0.590. The van der Waals surface area contributed by atoms with Crippen molar-refractivity contribution in [3.05, 3.63) is 225 Å². The van der Waals surface area contributed by atoms with Crippen LogP contribution in [0.25, 0.3) is 121 Å². The first kappa shape index (κ1) is 69.0. The van der Waals surface area contributed by atoms with Crippen molar-refractivity contribution in [1.82, 2.24) is 18.3 Å². The first-order valence-corrected chi connectivity index (χ1v) is 36.5. The number of fused-ring (bicyclic) bond motifs is 12. The lowest BCUT2D eigenvalue weighted by atomic mass is 9.85. The van der Waals surface area contributed by atoms with Gasteiger partial charge in [0.15, 0.2) is 0 Å². The molecule has 0 fully saturated rings. The fraction of sp³-hybridized carbons (Fsp3) is 0.337. The van der Waals surface area contributed by atoms with Crippen LogP contribution in [0.4, 0.5) is 0 Å². The third-order valence-corrected chi connectivity index (χ3v) is 21.9. The van der Waals surface area contributed by atoms with E-state index in [2.05, 4.69) is 348 Å². The van der Waals surface area contributed by atoms with Crippen LogP contribution in [0.5, 0.6) is 0 Å². The van der Waals surface area contributed by atoms with Crippen LogP contribution in [0.2, 0.25) is 0 Å². The molecule has 0 aliphatic rings. The second kappa shape index (κ2) is 22.9. The molecule has 0 saturated heterocycles. The van der Waals surface area contributed by atoms with Gasteiger partial charge in [-0.3, -0.25) is 0 Å². The summed E-state index contributed by atoms with van der Waals surface area (Å²) in [7, 11) is 0. The number of rotatable bonds is 5. The average Bonchev–Trinajstić information content (AvgIpc) is 1.46. The molecule has 14 rings (SSSR count). The van der Waals surface area contributed by atoms with Gasteiger partial charge in [-0.1, -0.05) is 215 Å². The number of nitriles is 3. The highest BCUT2D eigenvalue weighted by Crippen LogP contribution is 2.54. The zero-order valence-electron chi connectivity index (χ0n) is 64.7. The molecule has 4 heterocycles. The van der Waals surface area contributed by atoms with Crippen LogP contribution in [0, 0.1) is 34.0 Å². The molecule has 514 valence electrons. The van der Waals surface area contributed by atoms with E-state index in [1.54, 1.807) is 6.07 Å². The monoisotopic (exact) mass is 1340 g/mol. The second-order valence-electron chi connectivity index (χ2n) is 37.5. The Morgan fingerprint density at radius 2 is 0.392 bits per heavy atom. The average molecular weight is 1340 g/mol. The summed E-state index contributed by atoms with van der Waals surface area (Å²) in [4.78, 5) is 0. The van der Waals surface area contributed by atoms with Gasteiger partial charge in [0.05, 0.1) is 90.1 Å². The summed E-state index contributed by atoms with van der Waals surface area (Å²) in [5, 5.41) is 45.4. The van der Waals surface area contributed by atoms with Gasteiger partial charge in [0.1, 0.15) is 11.6 Å². The Hall–Kier alpha value is -10.1. The second-order valence-corrected chi connectivity index (χ2v) is 37.5. The van der Waals surface area contributed by atoms with Gasteiger partial charge in [-0.05, 0) is 209 Å². The summed E-state index contributed by atoms with van der Waals surface area (Å²) in [6.45, 7) is 54.8. The minimum Gasteiger partial charge on any atom is -0.306 e. The van der Waals surface area contributed by atoms with Gasteiger partial charge in [0.25, 0.3) is 0 Å². The summed E-state index contributed by atoms with van der Waals surface area (Å²) in [6, 6.07) is 69.9. The predicted molar refractivity (Wildman–Crippen MR) is 433 cm³/mol. The van der Waals surface area contributed by atoms with Crippen LogP contribution in [0.1, 0.15) is 227 Å². The zero-order chi connectivity index (χ0) is 73.6. The van der Waals surface area contributed by atoms with Gasteiger partial charge < -0.3 is 18.3 Å². The predicted octanol–water partition coefficient (Wildman–Crippen LogP) is 25.7. The van der Waals surface area contributed by atoms with E-state index in [-0.39, 0.29) is 43.3 Å². The third kappa shape index (κ3) is 11.2. The highest BCUT2D eigenvalue weighted by molar-refractivity contribution is 6.18. The molecule has 0 spiro atoms. The van der Waals surface area contributed by atoms with E-state index >= 15 is 0 Å². The summed E-state index contributed by atoms with van der Waals surface area (Å²) in [5.74, 6) is 0. The van der Waals surface area contributed by atoms with Crippen molar-refractivity contribution in [1.29, 1.82) is 15.8 Å². The molecule has 0 aliphatic heterocycles. The SMILES string of the molecule is CC(C)(C)c1ccc2c(c1)c1cc(C(C)(C)C)ccc1n2-c1c(C#N)c(-n2c3ccc(C(C)(C)C)cc3c3cc(C(C)(C)C)ccc32)c(-n2c3ccc(C(C)(C)C)cc3c3cc(C(C)(C)C)ccc32)c(-c2cc(C#N)cc(C#N)c2)c1-n1c2ccc(C(C)(C)C)cc2c2cc(C(C)(C)C)ccc21. The van der Waals surface area contributed by atoms with Crippen molar-refractivity contribution in [3.8, 4) is 52.1 Å². The van der Waals surface area contributed by atoms with Crippen LogP contribution in [0.3, 0.4) is 0 Å². The zero-order valence-corrected chi connectivity index (χ0v) is 64.7. The number of hydrogen-bond donors (Lipinski definition) is 0. The molecule has 0 bridgehead atoms. The standard InChI is InChI=1S/C95H99N7/c1-88(2,3)58-25-33-75-66(44-58)67-45-59(89(4,5)6)26-34-76(67)99(75)84-74(54-98)85(100-77-35-27-60(90(7,8)9)46-68(77)69-47-61(91(10,11)12)28-36-78(69)100)87(102-81-39-31-64(94(19,20)21)50-72(81)73-51-65(95(22,23)24)32-40-82(73)102)83(57-42-55(52-96)41-56(43-57)53-97)86(84)101-79-37-29-62(92(13,14)15)48-70(79)71-49-63(93(16,17)18)30-38-80(71)101/h25-51H,1-24H3. The van der Waals surface area contributed by atoms with Gasteiger partial charge in [0.2, 0.25) is 0 Å². The lowest BCUT2D eigenvalue weighted by Crippen LogP contribution is -2.17. The van der Waals surface area contributed by atoms with E-state index in [1.807, 2.05) is 12.1 Å². The minimum absolute atomic E-state index is 0.208. The maximum absolute atomic E-state index is 13.7. The fourth-order valence-corrected chi connectivity index (χ4v) is 15.6. The lowest BCUT2D eigenvalue weighted by Gasteiger charge is -2.30. The Morgan fingerprint density at radius 1 is 0.216 bits per heavy atom. The number of aromatic nitrogens is 4. The van der Waals surface area contributed by atoms with Crippen molar-refractivity contribution >= 4 is 87.2 Å². The van der Waals surface area contributed by atoms with E-state index in [4.69, 9.17) is 0 Å². The van der Waals surface area contributed by atoms with Crippen LogP contribution in [-0.4, -0.2) is 18.3 Å². The highest BCUT2D eigenvalue weighted by atomic mass is 15.1. The highest BCUT2D eigenvalue weighted by Gasteiger charge is 2.38. The van der Waals surface area contributed by atoms with Crippen LogP contribution < -0.4 is 0 Å². The molecular formula is C95H99N7. The molecule has 0 radical (unpaired) electrons. The summed E-state index contributed by atoms with van der Waals surface area (Å²) < 4.78 is 9.74. The largest absolute Gasteiger partial charge is 0.306 e. The molecule has 0 amide bonds. The maximum atomic E-state index is 13.7. The molecule has 7 heteroatoms. The first-order valence-electron chi connectivity index (χ1n) is 36.5. The van der Waals surface area contributed by atoms with E-state index in [0.717, 1.165) is 104 Å². The van der Waals surface area contributed by atoms with Gasteiger partial charge >= 0.3 is 0 Å². The van der Waals surface area contributed by atoms with Crippen LogP contribution in [-0.2, 0) is 43.3 Å². The van der Waals surface area contributed by atoms with Crippen molar-refractivity contribution < 1.29 is 0 Å². The van der Waals surface area contributed by atoms with E-state index in [0.29, 0.717) is 33.6 Å². The number of benzene rings is 10. The Bertz CT molecular complexity index is 5390. The molecule has 102 heavy (non-hydrogen) atoms. The Balaban J connectivity index is 1.39. The molecule has 7 nitrogen and oxygen atoms in total. The molecule has 14 aromatic rings. The molecule has 0 saturated carbocycles. The third-order valence-electron chi connectivity index (χ3n) is 21.9. The smallest absolute Gasteiger partial charge is 0.104 e. The number of hydrogen-bond acceptors (Lipinski definition) is 3. The van der Waals surface area contributed by atoms with Gasteiger partial charge in [-0.25, -0.2) is 0 Å². The summed E-state index contributed by atoms with van der Waals surface area (Å²) in [6.07, 6.45) is 0. The Labute approximate surface area is 604 Å². The maximum Gasteiger partial charge on any atom is 0.104 e. The van der Waals surface area contributed by atoms with Crippen molar-refractivity contribution in [2.45, 2.75) is 209 Å². The van der Waals surface area contributed by atoms with E-state index in [9.17, 15) is 15.8 Å². The summed E-state index contributed by atoms with van der Waals surface area (Å²) >= 11 is 0. The van der Waals surface area contributed by atoms with Crippen LogP contribution in [0.15, 0.2) is 164 Å². The molecule has 10 aromatic carbocycles. The first-order chi connectivity index (χ1) is 47.5. The molecule has 0 unspecified atom stereocenters. The number of nitrogens with zero attached hydrogens (tertiary/aromatic N) is 7. The normalized spacial score (nSPS) is 13.3. The molecular weight excluding hydrogens is 1240 g/mol. The minimum atomic E-state index is -0.213. The topological polar surface area (TPSA) is 91.1 Å². The fourth-order valence-electron chi connectivity index (χ4n) is 15.6. The van der Waals surface area contributed by atoms with Gasteiger partial charge in [-0.2, -0.15) is 15.8 Å². The molecule has 0 aliphatic carbocycles. The van der Waals surface area contributed by atoms with Crippen molar-refractivity contribution in [3.63, 3.8) is 0 Å². The Morgan fingerprint density at radius 3 is 0.549 bits per heavy atom. The van der Waals surface area contributed by atoms with Crippen LogP contribution >= 0.6 is 0 Å². The molecule has 0 atom stereocenters. The molecule has 0 N–H and O–H groups in total. The molecule has 4 aromatic heterocycles. The van der Waals surface area contributed by atoms with E-state index < -0.39 is 0 Å².